The summed E-state index contributed by atoms with van der Waals surface area (Å²) in [5.74, 6) is -0.932. The number of hydrogen-bond acceptors (Lipinski definition) is 11. The molecule has 2 aliphatic heterocycles. The summed E-state index contributed by atoms with van der Waals surface area (Å²) in [5, 5.41) is 25.1. The Labute approximate surface area is 436 Å². The number of nitrogens with one attached hydrogen (secondary N) is 3. The first kappa shape index (κ1) is 52.8. The predicted molar refractivity (Wildman–Crippen MR) is 287 cm³/mol. The summed E-state index contributed by atoms with van der Waals surface area (Å²) in [6.45, 7) is 10.9. The van der Waals surface area contributed by atoms with Crippen LogP contribution in [0.2, 0.25) is 5.02 Å². The number of anilines is 2. The van der Waals surface area contributed by atoms with Gasteiger partial charge in [-0.2, -0.15) is 0 Å². The molecule has 5 atom stereocenters. The van der Waals surface area contributed by atoms with E-state index in [1.807, 2.05) is 116 Å². The lowest BCUT2D eigenvalue weighted by molar-refractivity contribution is -0.141. The Hall–Kier alpha value is -6.55. The summed E-state index contributed by atoms with van der Waals surface area (Å²) in [4.78, 5) is 62.1. The fourth-order valence-electron chi connectivity index (χ4n) is 10.0. The van der Waals surface area contributed by atoms with E-state index < -0.39 is 18.1 Å². The van der Waals surface area contributed by atoms with Gasteiger partial charge in [0.2, 0.25) is 17.7 Å². The first-order chi connectivity index (χ1) is 35.2. The molecular formula is C57H66ClN7O7S. The highest BCUT2D eigenvalue weighted by atomic mass is 35.5. The Balaban J connectivity index is 0.732. The first-order valence-corrected chi connectivity index (χ1v) is 26.7. The molecule has 4 amide bonds. The van der Waals surface area contributed by atoms with Crippen LogP contribution in [0.4, 0.5) is 11.4 Å². The zero-order valence-corrected chi connectivity index (χ0v) is 43.8. The van der Waals surface area contributed by atoms with Crippen molar-refractivity contribution in [2.75, 3.05) is 29.9 Å². The lowest BCUT2D eigenvalue weighted by atomic mass is 9.88. The van der Waals surface area contributed by atoms with E-state index >= 15 is 0 Å². The number of aliphatic hydroxyl groups is 1. The van der Waals surface area contributed by atoms with Crippen molar-refractivity contribution in [3.05, 3.63) is 136 Å². The van der Waals surface area contributed by atoms with Gasteiger partial charge in [0.25, 0.3) is 11.8 Å². The number of halogens is 1. The Morgan fingerprint density at radius 3 is 2.26 bits per heavy atom. The molecule has 16 heteroatoms. The van der Waals surface area contributed by atoms with Crippen LogP contribution in [0, 0.1) is 12.8 Å². The van der Waals surface area contributed by atoms with Gasteiger partial charge in [0.15, 0.2) is 5.76 Å². The molecule has 4 N–H and O–H groups in total. The van der Waals surface area contributed by atoms with Gasteiger partial charge in [-0.15, -0.1) is 11.3 Å². The predicted octanol–water partition coefficient (Wildman–Crippen LogP) is 10.9. The molecule has 8 rings (SSSR count). The summed E-state index contributed by atoms with van der Waals surface area (Å²) in [6.07, 6.45) is 5.78. The zero-order valence-electron chi connectivity index (χ0n) is 42.2. The van der Waals surface area contributed by atoms with Crippen LogP contribution in [-0.4, -0.2) is 81.7 Å². The van der Waals surface area contributed by atoms with Crippen LogP contribution < -0.4 is 25.6 Å². The van der Waals surface area contributed by atoms with Gasteiger partial charge >= 0.3 is 0 Å². The largest absolute Gasteiger partial charge is 0.476 e. The molecule has 73 heavy (non-hydrogen) atoms. The molecule has 384 valence electrons. The number of unbranched alkanes of at least 4 members (excludes halogenated alkanes) is 5. The summed E-state index contributed by atoms with van der Waals surface area (Å²) in [7, 11) is 0. The third kappa shape index (κ3) is 13.2. The standard InChI is InChI=1S/C57H66ClN7O7S/c1-35(2)53(57(70)64-33-46(67)30-50(64)56(69)60-32-39-12-14-41(15-13-39)54-37(4)61-34-73-54)51-31-52(63-72-51)71-27-11-9-7-6-8-10-26-59-55(68)42-18-16-40(17-19-42)43-20-25-49-47(29-43)48(28-36(3)65(49)38(5)66)62-45-23-21-44(58)22-24-45/h12-25,29,31,34-36,46,48,50,53,62,67H,6-11,26-28,30,32-33H2,1-5H3,(H,59,68)(H,60,69)/t36-,46+,48+,50-,53+/m0/s1. The second-order valence-corrected chi connectivity index (χ2v) is 20.9. The third-order valence-corrected chi connectivity index (χ3v) is 15.1. The minimum absolute atomic E-state index is 0.00974. The van der Waals surface area contributed by atoms with Crippen molar-refractivity contribution in [1.29, 1.82) is 0 Å². The number of thiazole rings is 1. The van der Waals surface area contributed by atoms with Crippen molar-refractivity contribution in [2.24, 2.45) is 5.92 Å². The molecule has 4 aromatic carbocycles. The van der Waals surface area contributed by atoms with E-state index in [-0.39, 0.29) is 54.6 Å². The molecule has 4 heterocycles. The van der Waals surface area contributed by atoms with Crippen molar-refractivity contribution in [1.82, 2.24) is 25.7 Å². The lowest BCUT2D eigenvalue weighted by Crippen LogP contribution is -2.48. The molecule has 0 bridgehead atoms. The fraction of sp³-hybridized carbons (Fsp3) is 0.404. The Morgan fingerprint density at radius 1 is 0.863 bits per heavy atom. The maximum atomic E-state index is 14.1. The normalized spacial score (nSPS) is 17.8. The van der Waals surface area contributed by atoms with E-state index in [4.69, 9.17) is 20.9 Å². The van der Waals surface area contributed by atoms with E-state index in [1.54, 1.807) is 24.3 Å². The summed E-state index contributed by atoms with van der Waals surface area (Å²) >= 11 is 7.73. The highest BCUT2D eigenvalue weighted by Crippen LogP contribution is 2.42. The van der Waals surface area contributed by atoms with Gasteiger partial charge in [0, 0.05) is 67.0 Å². The smallest absolute Gasteiger partial charge is 0.254 e. The van der Waals surface area contributed by atoms with Crippen LogP contribution >= 0.6 is 22.9 Å². The molecule has 0 spiro atoms. The quantitative estimate of drug-likeness (QED) is 0.0507. The van der Waals surface area contributed by atoms with Crippen molar-refractivity contribution in [3.8, 4) is 27.4 Å². The van der Waals surface area contributed by atoms with Crippen molar-refractivity contribution in [2.45, 2.75) is 123 Å². The van der Waals surface area contributed by atoms with Gasteiger partial charge in [0.1, 0.15) is 12.0 Å². The Morgan fingerprint density at radius 2 is 1.56 bits per heavy atom. The number of β-amino-alcohol motifs (C(OH)–C–C–N with tert-alkyl or cyclic N) is 1. The van der Waals surface area contributed by atoms with Crippen molar-refractivity contribution in [3.63, 3.8) is 0 Å². The number of hydrogen-bond donors (Lipinski definition) is 4. The maximum absolute atomic E-state index is 14.1. The molecular weight excluding hydrogens is 962 g/mol. The number of likely N-dealkylation sites (tertiary alicyclic amines) is 1. The summed E-state index contributed by atoms with van der Waals surface area (Å²) in [5.41, 5.74) is 10.3. The number of rotatable bonds is 21. The number of aromatic nitrogens is 2. The van der Waals surface area contributed by atoms with Gasteiger partial charge in [-0.3, -0.25) is 19.2 Å². The Kier molecular flexibility index (Phi) is 17.7. The second-order valence-electron chi connectivity index (χ2n) is 19.6. The van der Waals surface area contributed by atoms with Gasteiger partial charge in [-0.05, 0) is 121 Å². The molecule has 14 nitrogen and oxygen atoms in total. The van der Waals surface area contributed by atoms with E-state index in [1.165, 1.54) is 4.90 Å². The fourth-order valence-corrected chi connectivity index (χ4v) is 10.9. The highest BCUT2D eigenvalue weighted by Gasteiger charge is 2.43. The number of amides is 4. The number of benzene rings is 4. The minimum atomic E-state index is -0.819. The lowest BCUT2D eigenvalue weighted by Gasteiger charge is -2.39. The molecule has 6 aromatic rings. The van der Waals surface area contributed by atoms with E-state index in [9.17, 15) is 24.3 Å². The van der Waals surface area contributed by atoms with Crippen LogP contribution in [0.1, 0.15) is 124 Å². The maximum Gasteiger partial charge on any atom is 0.254 e. The summed E-state index contributed by atoms with van der Waals surface area (Å²) < 4.78 is 11.6. The van der Waals surface area contributed by atoms with Gasteiger partial charge in [-0.1, -0.05) is 93.6 Å². The van der Waals surface area contributed by atoms with Crippen LogP contribution in [0.3, 0.4) is 0 Å². The number of aliphatic hydroxyl groups excluding tert-OH is 1. The van der Waals surface area contributed by atoms with Crippen molar-refractivity contribution < 1.29 is 33.5 Å². The minimum Gasteiger partial charge on any atom is -0.476 e. The molecule has 0 unspecified atom stereocenters. The van der Waals surface area contributed by atoms with Gasteiger partial charge in [-0.25, -0.2) is 4.98 Å². The van der Waals surface area contributed by atoms with Crippen molar-refractivity contribution >= 4 is 57.9 Å². The van der Waals surface area contributed by atoms with Crippen LogP contribution in [-0.2, 0) is 20.9 Å². The van der Waals surface area contributed by atoms with Gasteiger partial charge < -0.3 is 40.1 Å². The van der Waals surface area contributed by atoms with E-state index in [0.29, 0.717) is 41.9 Å². The average molecular weight is 1030 g/mol. The number of fused-ring (bicyclic) bond motifs is 1. The molecule has 2 aromatic heterocycles. The molecule has 1 saturated heterocycles. The van der Waals surface area contributed by atoms with Gasteiger partial charge in [0.05, 0.1) is 34.8 Å². The molecule has 0 aliphatic carbocycles. The molecule has 1 fully saturated rings. The molecule has 0 saturated carbocycles. The number of carbonyl (C=O) groups excluding carboxylic acids is 4. The second kappa shape index (κ2) is 24.4. The average Bonchev–Trinajstić information content (AvgIpc) is 4.14. The summed E-state index contributed by atoms with van der Waals surface area (Å²) in [6, 6.07) is 30.3. The number of carbonyl (C=O) groups is 4. The van der Waals surface area contributed by atoms with Crippen LogP contribution in [0.15, 0.2) is 107 Å². The Bertz CT molecular complexity index is 2830. The topological polar surface area (TPSA) is 179 Å². The molecule has 0 radical (unpaired) electrons. The monoisotopic (exact) mass is 1030 g/mol. The van der Waals surface area contributed by atoms with Crippen LogP contribution in [0.5, 0.6) is 5.88 Å². The SMILES string of the molecule is CC(=O)N1c2ccc(-c3ccc(C(=O)NCCCCCCCCOc4cc([C@H](C(=O)N5C[C@H](O)C[C@H]5C(=O)NCc5ccc(-c6scnc6C)cc5)C(C)C)on4)cc3)cc2[C@H](Nc2ccc(Cl)cc2)C[C@@H]1C. The zero-order chi connectivity index (χ0) is 51.6. The first-order valence-electron chi connectivity index (χ1n) is 25.4. The third-order valence-electron chi connectivity index (χ3n) is 13.8. The number of ether oxygens (including phenoxy) is 1. The number of aryl methyl sites for hydroxylation is 1. The highest BCUT2D eigenvalue weighted by molar-refractivity contribution is 7.13. The number of nitrogens with zero attached hydrogens (tertiary/aromatic N) is 4. The van der Waals surface area contributed by atoms with E-state index in [2.05, 4.69) is 39.1 Å². The molecule has 2 aliphatic rings. The van der Waals surface area contributed by atoms with Crippen LogP contribution in [0.25, 0.3) is 21.6 Å². The van der Waals surface area contributed by atoms with E-state index in [0.717, 1.165) is 94.7 Å².